The predicted octanol–water partition coefficient (Wildman–Crippen LogP) is 1.11. The van der Waals surface area contributed by atoms with E-state index in [1.54, 1.807) is 13.8 Å². The molecule has 0 aromatic heterocycles. The molecule has 1 aliphatic carbocycles. The van der Waals surface area contributed by atoms with Crippen molar-refractivity contribution in [3.63, 3.8) is 0 Å². The van der Waals surface area contributed by atoms with Crippen molar-refractivity contribution >= 4 is 15.9 Å². The van der Waals surface area contributed by atoms with Gasteiger partial charge < -0.3 is 10.9 Å². The van der Waals surface area contributed by atoms with Gasteiger partial charge in [-0.3, -0.25) is 0 Å². The van der Waals surface area contributed by atoms with E-state index in [1.807, 2.05) is 0 Å². The first-order valence-electron chi connectivity index (χ1n) is 6.36. The zero-order chi connectivity index (χ0) is 13.8. The Hall–Kier alpha value is -0.820. The summed E-state index contributed by atoms with van der Waals surface area (Å²) < 4.78 is 26.4. The average molecular weight is 277 g/mol. The van der Waals surface area contributed by atoms with Crippen molar-refractivity contribution in [1.29, 1.82) is 0 Å². The van der Waals surface area contributed by atoms with Crippen LogP contribution in [0.3, 0.4) is 0 Å². The van der Waals surface area contributed by atoms with Crippen LogP contribution in [0.25, 0.3) is 0 Å². The van der Waals surface area contributed by atoms with Crippen molar-refractivity contribution in [2.45, 2.75) is 57.2 Å². The lowest BCUT2D eigenvalue weighted by atomic mass is 10.0. The van der Waals surface area contributed by atoms with E-state index in [0.29, 0.717) is 12.8 Å². The van der Waals surface area contributed by atoms with Crippen LogP contribution >= 0.6 is 0 Å². The molecule has 1 rings (SSSR count). The van der Waals surface area contributed by atoms with Crippen LogP contribution in [-0.2, 0) is 10.0 Å². The molecule has 1 saturated carbocycles. The van der Waals surface area contributed by atoms with E-state index in [1.165, 1.54) is 4.31 Å². The second kappa shape index (κ2) is 6.38. The Morgan fingerprint density at radius 2 is 1.94 bits per heavy atom. The molecule has 7 heteroatoms. The number of amidine groups is 1. The summed E-state index contributed by atoms with van der Waals surface area (Å²) in [6.45, 7) is 3.54. The average Bonchev–Trinajstić information content (AvgIpc) is 2.36. The van der Waals surface area contributed by atoms with E-state index >= 15 is 0 Å². The largest absolute Gasteiger partial charge is 0.409 e. The summed E-state index contributed by atoms with van der Waals surface area (Å²) in [6, 6.07) is -0.197. The maximum atomic E-state index is 12.5. The molecule has 1 aliphatic rings. The number of nitrogens with two attached hydrogens (primary N) is 1. The van der Waals surface area contributed by atoms with Gasteiger partial charge in [0.05, 0.1) is 11.8 Å². The summed E-state index contributed by atoms with van der Waals surface area (Å²) in [4.78, 5) is 0. The van der Waals surface area contributed by atoms with E-state index in [-0.39, 0.29) is 23.7 Å². The van der Waals surface area contributed by atoms with Crippen LogP contribution in [0.15, 0.2) is 5.16 Å². The topological polar surface area (TPSA) is 96.0 Å². The van der Waals surface area contributed by atoms with Gasteiger partial charge in [-0.2, -0.15) is 4.31 Å². The highest BCUT2D eigenvalue weighted by Gasteiger charge is 2.34. The van der Waals surface area contributed by atoms with Gasteiger partial charge in [0.1, 0.15) is 0 Å². The maximum absolute atomic E-state index is 12.5. The first-order valence-corrected chi connectivity index (χ1v) is 7.87. The fraction of sp³-hybridized carbons (Fsp3) is 0.909. The highest BCUT2D eigenvalue weighted by atomic mass is 32.2. The molecule has 0 saturated heterocycles. The summed E-state index contributed by atoms with van der Waals surface area (Å²) in [6.07, 6.45) is 4.44. The Morgan fingerprint density at radius 3 is 2.39 bits per heavy atom. The minimum atomic E-state index is -3.37. The van der Waals surface area contributed by atoms with Gasteiger partial charge in [0.15, 0.2) is 5.84 Å². The van der Waals surface area contributed by atoms with Gasteiger partial charge in [0, 0.05) is 6.04 Å². The molecule has 18 heavy (non-hydrogen) atoms. The molecule has 0 radical (unpaired) electrons. The Morgan fingerprint density at radius 1 is 1.39 bits per heavy atom. The molecule has 3 N–H and O–H groups in total. The highest BCUT2D eigenvalue weighted by Crippen LogP contribution is 2.26. The quantitative estimate of drug-likeness (QED) is 0.340. The second-order valence-corrected chi connectivity index (χ2v) is 7.20. The van der Waals surface area contributed by atoms with Crippen molar-refractivity contribution in [2.24, 2.45) is 10.9 Å². The van der Waals surface area contributed by atoms with Crippen molar-refractivity contribution < 1.29 is 13.6 Å². The van der Waals surface area contributed by atoms with Gasteiger partial charge in [-0.1, -0.05) is 24.4 Å². The second-order valence-electron chi connectivity index (χ2n) is 5.04. The van der Waals surface area contributed by atoms with Crippen LogP contribution in [0.1, 0.15) is 46.0 Å². The summed E-state index contributed by atoms with van der Waals surface area (Å²) in [5.74, 6) is -0.0805. The van der Waals surface area contributed by atoms with Gasteiger partial charge in [-0.25, -0.2) is 8.42 Å². The van der Waals surface area contributed by atoms with Crippen molar-refractivity contribution in [3.8, 4) is 0 Å². The molecule has 0 spiro atoms. The highest BCUT2D eigenvalue weighted by molar-refractivity contribution is 7.89. The number of hydrogen-bond acceptors (Lipinski definition) is 4. The maximum Gasteiger partial charge on any atom is 0.217 e. The standard InChI is InChI=1S/C11H23N3O3S/c1-9(2)14(8-11(12)13-15)18(16,17)10-6-4-3-5-7-10/h9-10,15H,3-8H2,1-2H3,(H2,12,13). The molecule has 6 nitrogen and oxygen atoms in total. The molecule has 0 amide bonds. The lowest BCUT2D eigenvalue weighted by Crippen LogP contribution is -2.47. The molecule has 0 heterocycles. The minimum absolute atomic E-state index is 0.0486. The number of nitrogens with zero attached hydrogens (tertiary/aromatic N) is 2. The molecule has 1 fully saturated rings. The van der Waals surface area contributed by atoms with Crippen LogP contribution in [0, 0.1) is 0 Å². The van der Waals surface area contributed by atoms with Crippen molar-refractivity contribution in [2.75, 3.05) is 6.54 Å². The molecule has 0 atom stereocenters. The smallest absolute Gasteiger partial charge is 0.217 e. The summed E-state index contributed by atoms with van der Waals surface area (Å²) >= 11 is 0. The van der Waals surface area contributed by atoms with E-state index in [9.17, 15) is 8.42 Å². The van der Waals surface area contributed by atoms with E-state index in [0.717, 1.165) is 19.3 Å². The molecule has 0 aliphatic heterocycles. The van der Waals surface area contributed by atoms with Crippen LogP contribution in [-0.4, -0.2) is 41.6 Å². The summed E-state index contributed by atoms with van der Waals surface area (Å²) in [5, 5.41) is 11.1. The molecule has 0 unspecified atom stereocenters. The number of hydrogen-bond donors (Lipinski definition) is 2. The molecule has 0 aromatic carbocycles. The van der Waals surface area contributed by atoms with Gasteiger partial charge >= 0.3 is 0 Å². The first-order chi connectivity index (χ1) is 8.39. The molecule has 0 bridgehead atoms. The summed E-state index contributed by atoms with van der Waals surface area (Å²) in [7, 11) is -3.37. The van der Waals surface area contributed by atoms with Gasteiger partial charge in [-0.05, 0) is 26.7 Å². The summed E-state index contributed by atoms with van der Waals surface area (Å²) in [5.41, 5.74) is 5.43. The lowest BCUT2D eigenvalue weighted by molar-refractivity contribution is 0.311. The predicted molar refractivity (Wildman–Crippen MR) is 71.0 cm³/mol. The Kier molecular flexibility index (Phi) is 5.40. The van der Waals surface area contributed by atoms with Crippen LogP contribution in [0.2, 0.25) is 0 Å². The zero-order valence-electron chi connectivity index (χ0n) is 11.0. The molecular weight excluding hydrogens is 254 g/mol. The third-order valence-electron chi connectivity index (χ3n) is 3.32. The first kappa shape index (κ1) is 15.2. The SMILES string of the molecule is CC(C)N(CC(N)=NO)S(=O)(=O)C1CCCCC1. The molecular formula is C11H23N3O3S. The van der Waals surface area contributed by atoms with Gasteiger partial charge in [0.2, 0.25) is 10.0 Å². The third-order valence-corrected chi connectivity index (χ3v) is 5.84. The van der Waals surface area contributed by atoms with E-state index < -0.39 is 10.0 Å². The Labute approximate surface area is 109 Å². The minimum Gasteiger partial charge on any atom is -0.409 e. The van der Waals surface area contributed by atoms with Gasteiger partial charge in [0.25, 0.3) is 0 Å². The van der Waals surface area contributed by atoms with Crippen molar-refractivity contribution in [1.82, 2.24) is 4.31 Å². The fourth-order valence-electron chi connectivity index (χ4n) is 2.31. The molecule has 106 valence electrons. The lowest BCUT2D eigenvalue weighted by Gasteiger charge is -2.31. The van der Waals surface area contributed by atoms with Crippen LogP contribution in [0.5, 0.6) is 0 Å². The molecule has 0 aromatic rings. The van der Waals surface area contributed by atoms with E-state index in [2.05, 4.69) is 5.16 Å². The number of rotatable bonds is 5. The Bertz CT molecular complexity index is 386. The number of oxime groups is 1. The van der Waals surface area contributed by atoms with Crippen LogP contribution < -0.4 is 5.73 Å². The third kappa shape index (κ3) is 3.58. The monoisotopic (exact) mass is 277 g/mol. The van der Waals surface area contributed by atoms with Gasteiger partial charge in [-0.15, -0.1) is 0 Å². The van der Waals surface area contributed by atoms with E-state index in [4.69, 9.17) is 10.9 Å². The number of sulfonamides is 1. The van der Waals surface area contributed by atoms with Crippen LogP contribution in [0.4, 0.5) is 0 Å². The Balaban J connectivity index is 2.89. The van der Waals surface area contributed by atoms with Crippen molar-refractivity contribution in [3.05, 3.63) is 0 Å². The fourth-order valence-corrected chi connectivity index (χ4v) is 4.52. The normalized spacial score (nSPS) is 19.7. The zero-order valence-corrected chi connectivity index (χ0v) is 11.9.